The maximum absolute atomic E-state index is 12.1. The molecule has 4 nitrogen and oxygen atoms in total. The molecule has 3 atom stereocenters. The SMILES string of the molecule is C=CC(=O)Oc1c2c(c(OC(=O)C=C)c3ccc(CC)cc13)C1CC2CC1C. The minimum absolute atomic E-state index is 0.295. The zero-order chi connectivity index (χ0) is 20.0. The van der Waals surface area contributed by atoms with Gasteiger partial charge in [-0.15, -0.1) is 0 Å². The van der Waals surface area contributed by atoms with E-state index in [9.17, 15) is 9.59 Å². The quantitative estimate of drug-likeness (QED) is 0.409. The number of hydrogen-bond acceptors (Lipinski definition) is 4. The van der Waals surface area contributed by atoms with E-state index in [1.807, 2.05) is 18.2 Å². The lowest BCUT2D eigenvalue weighted by Crippen LogP contribution is -2.15. The summed E-state index contributed by atoms with van der Waals surface area (Å²) in [6.07, 6.45) is 5.26. The number of esters is 2. The predicted molar refractivity (Wildman–Crippen MR) is 109 cm³/mol. The number of carbonyl (C=O) groups excluding carboxylic acids is 2. The molecule has 2 aromatic carbocycles. The first-order valence-electron chi connectivity index (χ1n) is 9.79. The van der Waals surface area contributed by atoms with Gasteiger partial charge in [0.05, 0.1) is 0 Å². The molecule has 28 heavy (non-hydrogen) atoms. The lowest BCUT2D eigenvalue weighted by molar-refractivity contribution is -0.130. The van der Waals surface area contributed by atoms with E-state index >= 15 is 0 Å². The van der Waals surface area contributed by atoms with Crippen molar-refractivity contribution in [3.8, 4) is 11.5 Å². The van der Waals surface area contributed by atoms with E-state index in [0.717, 1.165) is 46.7 Å². The van der Waals surface area contributed by atoms with Crippen LogP contribution in [-0.4, -0.2) is 11.9 Å². The van der Waals surface area contributed by atoms with Gasteiger partial charge in [-0.3, -0.25) is 0 Å². The number of hydrogen-bond donors (Lipinski definition) is 0. The number of rotatable bonds is 5. The Morgan fingerprint density at radius 3 is 2.29 bits per heavy atom. The van der Waals surface area contributed by atoms with Gasteiger partial charge >= 0.3 is 11.9 Å². The van der Waals surface area contributed by atoms with Crippen molar-refractivity contribution in [3.63, 3.8) is 0 Å². The van der Waals surface area contributed by atoms with Crippen LogP contribution in [0.5, 0.6) is 11.5 Å². The van der Waals surface area contributed by atoms with Gasteiger partial charge < -0.3 is 9.47 Å². The molecule has 144 valence electrons. The molecule has 2 bridgehead atoms. The van der Waals surface area contributed by atoms with Crippen molar-refractivity contribution in [3.05, 3.63) is 60.2 Å². The van der Waals surface area contributed by atoms with Crippen molar-refractivity contribution in [1.29, 1.82) is 0 Å². The van der Waals surface area contributed by atoms with E-state index in [2.05, 4.69) is 27.0 Å². The molecular weight excluding hydrogens is 352 g/mol. The van der Waals surface area contributed by atoms with Crippen LogP contribution in [0.25, 0.3) is 10.8 Å². The Labute approximate surface area is 164 Å². The summed E-state index contributed by atoms with van der Waals surface area (Å²) >= 11 is 0. The van der Waals surface area contributed by atoms with Crippen molar-refractivity contribution < 1.29 is 19.1 Å². The highest BCUT2D eigenvalue weighted by atomic mass is 16.5. The third-order valence-corrected chi connectivity index (χ3v) is 6.16. The normalized spacial score (nSPS) is 22.0. The summed E-state index contributed by atoms with van der Waals surface area (Å²) in [5, 5.41) is 1.60. The fourth-order valence-electron chi connectivity index (χ4n) is 4.90. The highest BCUT2D eigenvalue weighted by Crippen LogP contribution is 2.63. The number of ether oxygens (including phenoxy) is 2. The highest BCUT2D eigenvalue weighted by molar-refractivity contribution is 6.01. The van der Waals surface area contributed by atoms with Crippen molar-refractivity contribution in [1.82, 2.24) is 0 Å². The Morgan fingerprint density at radius 1 is 1.04 bits per heavy atom. The Bertz CT molecular complexity index is 1020. The molecule has 2 aromatic rings. The van der Waals surface area contributed by atoms with Crippen LogP contribution in [-0.2, 0) is 16.0 Å². The van der Waals surface area contributed by atoms with E-state index in [1.54, 1.807) is 0 Å². The summed E-state index contributed by atoms with van der Waals surface area (Å²) < 4.78 is 11.5. The largest absolute Gasteiger partial charge is 0.422 e. The minimum Gasteiger partial charge on any atom is -0.422 e. The van der Waals surface area contributed by atoms with Crippen LogP contribution < -0.4 is 9.47 Å². The molecule has 0 radical (unpaired) electrons. The lowest BCUT2D eigenvalue weighted by atomic mass is 9.81. The van der Waals surface area contributed by atoms with E-state index in [1.165, 1.54) is 12.2 Å². The van der Waals surface area contributed by atoms with Crippen LogP contribution in [0.2, 0.25) is 0 Å². The average Bonchev–Trinajstić information content (AvgIpc) is 3.26. The summed E-state index contributed by atoms with van der Waals surface area (Å²) in [4.78, 5) is 24.2. The first-order chi connectivity index (χ1) is 13.5. The van der Waals surface area contributed by atoms with Crippen LogP contribution >= 0.6 is 0 Å². The molecule has 0 saturated heterocycles. The Kier molecular flexibility index (Phi) is 4.58. The summed E-state index contributed by atoms with van der Waals surface area (Å²) in [5.74, 6) is 1.33. The third-order valence-electron chi connectivity index (χ3n) is 6.16. The minimum atomic E-state index is -0.477. The fraction of sp³-hybridized carbons (Fsp3) is 0.333. The molecule has 0 spiro atoms. The first kappa shape index (κ1) is 18.5. The van der Waals surface area contributed by atoms with Gasteiger partial charge in [0.2, 0.25) is 0 Å². The van der Waals surface area contributed by atoms with Crippen LogP contribution in [0.4, 0.5) is 0 Å². The van der Waals surface area contributed by atoms with Crippen molar-refractivity contribution in [2.24, 2.45) is 5.92 Å². The zero-order valence-electron chi connectivity index (χ0n) is 16.3. The molecule has 1 saturated carbocycles. The van der Waals surface area contributed by atoms with Crippen LogP contribution in [0.3, 0.4) is 0 Å². The topological polar surface area (TPSA) is 52.6 Å². The van der Waals surface area contributed by atoms with Gasteiger partial charge in [-0.25, -0.2) is 9.59 Å². The summed E-state index contributed by atoms with van der Waals surface area (Å²) in [6, 6.07) is 6.01. The number of fused-ring (bicyclic) bond motifs is 6. The molecule has 2 aliphatic rings. The van der Waals surface area contributed by atoms with Crippen LogP contribution in [0, 0.1) is 5.92 Å². The number of benzene rings is 2. The van der Waals surface area contributed by atoms with Gasteiger partial charge in [-0.1, -0.05) is 39.1 Å². The smallest absolute Gasteiger partial charge is 0.335 e. The molecule has 0 aromatic heterocycles. The molecule has 2 aliphatic carbocycles. The fourth-order valence-corrected chi connectivity index (χ4v) is 4.90. The van der Waals surface area contributed by atoms with Crippen LogP contribution in [0.15, 0.2) is 43.5 Å². The van der Waals surface area contributed by atoms with Gasteiger partial charge in [0, 0.05) is 34.1 Å². The summed E-state index contributed by atoms with van der Waals surface area (Å²) in [7, 11) is 0. The molecule has 0 heterocycles. The van der Waals surface area contributed by atoms with Gasteiger partial charge in [0.15, 0.2) is 0 Å². The number of aryl methyl sites for hydroxylation is 1. The Hall–Kier alpha value is -2.88. The standard InChI is InChI=1S/C24H24O4/c1-5-14-8-9-16-18(11-14)24(28-20(26)7-3)21-15-10-13(4)17(12-15)22(21)23(16)27-19(25)6-2/h6-9,11,13,15,17H,2-3,5,10,12H2,1,4H3. The molecule has 0 amide bonds. The maximum atomic E-state index is 12.1. The van der Waals surface area contributed by atoms with E-state index in [-0.39, 0.29) is 0 Å². The van der Waals surface area contributed by atoms with E-state index < -0.39 is 11.9 Å². The van der Waals surface area contributed by atoms with Crippen molar-refractivity contribution >= 4 is 22.7 Å². The van der Waals surface area contributed by atoms with Crippen LogP contribution in [0.1, 0.15) is 55.2 Å². The number of carbonyl (C=O) groups is 2. The second-order valence-corrected chi connectivity index (χ2v) is 7.72. The molecule has 3 unspecified atom stereocenters. The molecule has 4 heteroatoms. The Balaban J connectivity index is 2.06. The second kappa shape index (κ2) is 6.93. The average molecular weight is 376 g/mol. The molecule has 0 N–H and O–H groups in total. The lowest BCUT2D eigenvalue weighted by Gasteiger charge is -2.27. The third kappa shape index (κ3) is 2.75. The van der Waals surface area contributed by atoms with Gasteiger partial charge in [-0.05, 0) is 48.6 Å². The molecule has 0 aliphatic heterocycles. The maximum Gasteiger partial charge on any atom is 0.335 e. The van der Waals surface area contributed by atoms with Crippen molar-refractivity contribution in [2.75, 3.05) is 0 Å². The van der Waals surface area contributed by atoms with Gasteiger partial charge in [-0.2, -0.15) is 0 Å². The van der Waals surface area contributed by atoms with E-state index in [4.69, 9.17) is 9.47 Å². The van der Waals surface area contributed by atoms with Crippen molar-refractivity contribution in [2.45, 2.75) is 44.9 Å². The predicted octanol–water partition coefficient (Wildman–Crippen LogP) is 5.20. The first-order valence-corrected chi connectivity index (χ1v) is 9.79. The second-order valence-electron chi connectivity index (χ2n) is 7.72. The Morgan fingerprint density at radius 2 is 1.68 bits per heavy atom. The molecule has 4 rings (SSSR count). The molecular formula is C24H24O4. The highest BCUT2D eigenvalue weighted by Gasteiger charge is 2.47. The van der Waals surface area contributed by atoms with E-state index in [0.29, 0.717) is 29.3 Å². The summed E-state index contributed by atoms with van der Waals surface area (Å²) in [5.41, 5.74) is 3.16. The van der Waals surface area contributed by atoms with Gasteiger partial charge in [0.25, 0.3) is 0 Å². The van der Waals surface area contributed by atoms with Gasteiger partial charge in [0.1, 0.15) is 11.5 Å². The monoisotopic (exact) mass is 376 g/mol. The zero-order valence-corrected chi connectivity index (χ0v) is 16.3. The molecule has 1 fully saturated rings. The summed E-state index contributed by atoms with van der Waals surface area (Å²) in [6.45, 7) is 11.4.